The summed E-state index contributed by atoms with van der Waals surface area (Å²) in [6, 6.07) is 3.09. The molecule has 0 saturated carbocycles. The van der Waals surface area contributed by atoms with Crippen molar-refractivity contribution in [2.45, 2.75) is 39.7 Å². The topological polar surface area (TPSA) is 49.3 Å². The lowest BCUT2D eigenvalue weighted by atomic mass is 9.83. The molecule has 1 heterocycles. The molecule has 4 heteroatoms. The summed E-state index contributed by atoms with van der Waals surface area (Å²) >= 11 is 0. The van der Waals surface area contributed by atoms with Crippen molar-refractivity contribution in [1.29, 1.82) is 0 Å². The molecular formula is C14H18FNO2. The van der Waals surface area contributed by atoms with Crippen molar-refractivity contribution in [3.05, 3.63) is 29.1 Å². The molecule has 1 atom stereocenters. The highest BCUT2D eigenvalue weighted by Gasteiger charge is 2.27. The minimum atomic E-state index is -0.727. The van der Waals surface area contributed by atoms with E-state index in [0.717, 1.165) is 5.56 Å². The molecule has 0 saturated heterocycles. The van der Waals surface area contributed by atoms with E-state index in [-0.39, 0.29) is 17.0 Å². The van der Waals surface area contributed by atoms with Crippen LogP contribution in [0.15, 0.2) is 12.1 Å². The van der Waals surface area contributed by atoms with E-state index in [0.29, 0.717) is 18.4 Å². The molecule has 1 aliphatic heterocycles. The summed E-state index contributed by atoms with van der Waals surface area (Å²) in [6.45, 7) is 5.70. The lowest BCUT2D eigenvalue weighted by Crippen LogP contribution is -2.22. The van der Waals surface area contributed by atoms with Gasteiger partial charge in [0.15, 0.2) is 0 Å². The van der Waals surface area contributed by atoms with Gasteiger partial charge in [-0.15, -0.1) is 0 Å². The molecule has 0 radical (unpaired) electrons. The van der Waals surface area contributed by atoms with Crippen molar-refractivity contribution >= 4 is 11.6 Å². The molecule has 2 rings (SSSR count). The van der Waals surface area contributed by atoms with Gasteiger partial charge in [0.05, 0.1) is 11.8 Å². The van der Waals surface area contributed by atoms with Crippen LogP contribution in [0.3, 0.4) is 0 Å². The van der Waals surface area contributed by atoms with Crippen LogP contribution in [0.25, 0.3) is 0 Å². The lowest BCUT2D eigenvalue weighted by molar-refractivity contribution is -0.116. The van der Waals surface area contributed by atoms with Crippen LogP contribution >= 0.6 is 0 Å². The predicted octanol–water partition coefficient (Wildman–Crippen LogP) is 2.79. The van der Waals surface area contributed by atoms with E-state index >= 15 is 0 Å². The van der Waals surface area contributed by atoms with Gasteiger partial charge in [-0.3, -0.25) is 4.79 Å². The zero-order chi connectivity index (χ0) is 13.5. The number of rotatable bonds is 1. The first-order valence-corrected chi connectivity index (χ1v) is 6.09. The normalized spacial score (nSPS) is 17.1. The van der Waals surface area contributed by atoms with Gasteiger partial charge in [-0.25, -0.2) is 4.39 Å². The molecule has 1 aromatic carbocycles. The van der Waals surface area contributed by atoms with E-state index < -0.39 is 11.9 Å². The predicted molar refractivity (Wildman–Crippen MR) is 67.8 cm³/mol. The van der Waals surface area contributed by atoms with Crippen LogP contribution in [-0.4, -0.2) is 11.0 Å². The minimum Gasteiger partial charge on any atom is -0.388 e. The van der Waals surface area contributed by atoms with E-state index in [1.54, 1.807) is 6.07 Å². The average molecular weight is 251 g/mol. The molecule has 1 aliphatic rings. The quantitative estimate of drug-likeness (QED) is 0.806. The summed E-state index contributed by atoms with van der Waals surface area (Å²) < 4.78 is 13.9. The van der Waals surface area contributed by atoms with Gasteiger partial charge < -0.3 is 10.4 Å². The molecule has 1 unspecified atom stereocenters. The Kier molecular flexibility index (Phi) is 3.15. The van der Waals surface area contributed by atoms with Gasteiger partial charge in [0.1, 0.15) is 5.82 Å². The molecule has 1 aromatic rings. The van der Waals surface area contributed by atoms with Gasteiger partial charge in [-0.1, -0.05) is 26.8 Å². The third-order valence-electron chi connectivity index (χ3n) is 3.22. The first-order chi connectivity index (χ1) is 8.29. The molecular weight excluding hydrogens is 233 g/mol. The Bertz CT molecular complexity index is 491. The van der Waals surface area contributed by atoms with Crippen LogP contribution < -0.4 is 5.32 Å². The number of carbonyl (C=O) groups excluding carboxylic acids is 1. The van der Waals surface area contributed by atoms with Crippen LogP contribution in [0.2, 0.25) is 0 Å². The van der Waals surface area contributed by atoms with Crippen LogP contribution in [-0.2, 0) is 11.2 Å². The first-order valence-electron chi connectivity index (χ1n) is 6.09. The monoisotopic (exact) mass is 251 g/mol. The van der Waals surface area contributed by atoms with E-state index in [2.05, 4.69) is 5.32 Å². The summed E-state index contributed by atoms with van der Waals surface area (Å²) in [5.41, 5.74) is 1.23. The molecule has 0 aliphatic carbocycles. The molecule has 0 aromatic heterocycles. The molecule has 18 heavy (non-hydrogen) atoms. The number of benzene rings is 1. The van der Waals surface area contributed by atoms with Gasteiger partial charge in [0, 0.05) is 6.42 Å². The van der Waals surface area contributed by atoms with Gasteiger partial charge in [-0.05, 0) is 29.0 Å². The number of aliphatic hydroxyl groups is 1. The molecule has 0 fully saturated rings. The maximum atomic E-state index is 13.9. The number of amides is 1. The molecule has 0 spiro atoms. The van der Waals surface area contributed by atoms with Crippen molar-refractivity contribution in [2.24, 2.45) is 5.41 Å². The van der Waals surface area contributed by atoms with Crippen LogP contribution in [0.5, 0.6) is 0 Å². The van der Waals surface area contributed by atoms with Crippen molar-refractivity contribution < 1.29 is 14.3 Å². The Morgan fingerprint density at radius 1 is 1.33 bits per heavy atom. The molecule has 2 N–H and O–H groups in total. The number of anilines is 1. The third-order valence-corrected chi connectivity index (χ3v) is 3.22. The second kappa shape index (κ2) is 4.35. The maximum absolute atomic E-state index is 13.9. The number of nitrogens with one attached hydrogen (secondary N) is 1. The van der Waals surface area contributed by atoms with E-state index in [1.807, 2.05) is 20.8 Å². The third kappa shape index (κ3) is 2.38. The Labute approximate surface area is 106 Å². The fourth-order valence-corrected chi connectivity index (χ4v) is 2.13. The molecule has 0 bridgehead atoms. The van der Waals surface area contributed by atoms with E-state index in [1.165, 1.54) is 6.07 Å². The standard InChI is InChI=1S/C14H18FNO2/c1-14(2,3)13(18)9-6-8-4-5-11(17)16-12(8)10(15)7-9/h6-7,13,18H,4-5H2,1-3H3,(H,16,17). The highest BCUT2D eigenvalue weighted by atomic mass is 19.1. The average Bonchev–Trinajstić information content (AvgIpc) is 2.27. The maximum Gasteiger partial charge on any atom is 0.224 e. The number of aliphatic hydroxyl groups excluding tert-OH is 1. The number of hydrogen-bond acceptors (Lipinski definition) is 2. The van der Waals surface area contributed by atoms with Crippen molar-refractivity contribution in [3.63, 3.8) is 0 Å². The van der Waals surface area contributed by atoms with Gasteiger partial charge in [0.2, 0.25) is 5.91 Å². The SMILES string of the molecule is CC(C)(C)C(O)c1cc(F)c2c(c1)CCC(=O)N2. The fourth-order valence-electron chi connectivity index (χ4n) is 2.13. The largest absolute Gasteiger partial charge is 0.388 e. The fraction of sp³-hybridized carbons (Fsp3) is 0.500. The van der Waals surface area contributed by atoms with Gasteiger partial charge in [-0.2, -0.15) is 0 Å². The van der Waals surface area contributed by atoms with Crippen molar-refractivity contribution in [1.82, 2.24) is 0 Å². The molecule has 1 amide bonds. The second-order valence-electron chi connectivity index (χ2n) is 5.85. The number of hydrogen-bond donors (Lipinski definition) is 2. The van der Waals surface area contributed by atoms with Crippen molar-refractivity contribution in [2.75, 3.05) is 5.32 Å². The van der Waals surface area contributed by atoms with Crippen LogP contribution in [0, 0.1) is 11.2 Å². The molecule has 3 nitrogen and oxygen atoms in total. The molecule has 98 valence electrons. The smallest absolute Gasteiger partial charge is 0.224 e. The lowest BCUT2D eigenvalue weighted by Gasteiger charge is -2.28. The highest BCUT2D eigenvalue weighted by Crippen LogP contribution is 2.36. The zero-order valence-corrected chi connectivity index (χ0v) is 10.9. The summed E-state index contributed by atoms with van der Waals surface area (Å²) in [7, 11) is 0. The summed E-state index contributed by atoms with van der Waals surface area (Å²) in [5.74, 6) is -0.635. The van der Waals surface area contributed by atoms with Gasteiger partial charge >= 0.3 is 0 Å². The summed E-state index contributed by atoms with van der Waals surface area (Å²) in [6.07, 6.45) is 0.152. The Hall–Kier alpha value is -1.42. The number of aryl methyl sites for hydroxylation is 1. The van der Waals surface area contributed by atoms with Crippen molar-refractivity contribution in [3.8, 4) is 0 Å². The Balaban J connectivity index is 2.42. The summed E-state index contributed by atoms with van der Waals surface area (Å²) in [4.78, 5) is 11.2. The van der Waals surface area contributed by atoms with Crippen LogP contribution in [0.1, 0.15) is 44.4 Å². The van der Waals surface area contributed by atoms with Gasteiger partial charge in [0.25, 0.3) is 0 Å². The zero-order valence-electron chi connectivity index (χ0n) is 10.9. The Morgan fingerprint density at radius 2 is 2.00 bits per heavy atom. The van der Waals surface area contributed by atoms with Crippen LogP contribution in [0.4, 0.5) is 10.1 Å². The number of halogens is 1. The number of fused-ring (bicyclic) bond motifs is 1. The summed E-state index contributed by atoms with van der Waals surface area (Å²) in [5, 5.41) is 12.7. The van der Waals surface area contributed by atoms with E-state index in [9.17, 15) is 14.3 Å². The Morgan fingerprint density at radius 3 is 2.61 bits per heavy atom. The first kappa shape index (κ1) is 13.0. The number of carbonyl (C=O) groups is 1. The highest BCUT2D eigenvalue weighted by molar-refractivity contribution is 5.94. The van der Waals surface area contributed by atoms with E-state index in [4.69, 9.17) is 0 Å². The minimum absolute atomic E-state index is 0.162. The second-order valence-corrected chi connectivity index (χ2v) is 5.85.